The molecule has 116 valence electrons. The average molecular weight is 320 g/mol. The van der Waals surface area contributed by atoms with E-state index in [9.17, 15) is 9.90 Å². The number of carbonyl (C=O) groups excluding carboxylic acids is 1. The van der Waals surface area contributed by atoms with Gasteiger partial charge in [-0.2, -0.15) is 0 Å². The van der Waals surface area contributed by atoms with E-state index in [1.807, 2.05) is 6.92 Å². The molecule has 2 rings (SSSR count). The minimum atomic E-state index is -0.575. The first-order chi connectivity index (χ1) is 10.5. The second-order valence-electron chi connectivity index (χ2n) is 5.04. The number of benzene rings is 2. The zero-order valence-corrected chi connectivity index (χ0v) is 13.2. The van der Waals surface area contributed by atoms with Gasteiger partial charge in [-0.1, -0.05) is 23.7 Å². The van der Waals surface area contributed by atoms with E-state index in [2.05, 4.69) is 5.32 Å². The van der Waals surface area contributed by atoms with Crippen LogP contribution in [0.2, 0.25) is 5.02 Å². The highest BCUT2D eigenvalue weighted by Crippen LogP contribution is 2.20. The van der Waals surface area contributed by atoms with Crippen molar-refractivity contribution in [1.29, 1.82) is 0 Å². The number of nitrogens with one attached hydrogen (secondary N) is 1. The summed E-state index contributed by atoms with van der Waals surface area (Å²) in [5.74, 6) is 0.286. The van der Waals surface area contributed by atoms with Crippen molar-refractivity contribution in [3.05, 3.63) is 58.6 Å². The Bertz CT molecular complexity index is 671. The minimum absolute atomic E-state index is 0.106. The summed E-state index contributed by atoms with van der Waals surface area (Å²) < 4.78 is 5.45. The summed E-state index contributed by atoms with van der Waals surface area (Å²) in [7, 11) is 0. The molecule has 5 heteroatoms. The molecule has 1 amide bonds. The summed E-state index contributed by atoms with van der Waals surface area (Å²) >= 11 is 5.88. The zero-order chi connectivity index (χ0) is 16.1. The van der Waals surface area contributed by atoms with Gasteiger partial charge in [0, 0.05) is 10.7 Å². The minimum Gasteiger partial charge on any atom is -0.484 e. The largest absolute Gasteiger partial charge is 0.484 e. The molecule has 0 heterocycles. The Kier molecular flexibility index (Phi) is 5.41. The van der Waals surface area contributed by atoms with E-state index in [4.69, 9.17) is 16.3 Å². The Morgan fingerprint density at radius 3 is 2.77 bits per heavy atom. The van der Waals surface area contributed by atoms with Crippen LogP contribution >= 0.6 is 11.6 Å². The molecule has 0 aromatic heterocycles. The van der Waals surface area contributed by atoms with Crippen molar-refractivity contribution in [2.24, 2.45) is 0 Å². The lowest BCUT2D eigenvalue weighted by Gasteiger charge is -2.11. The maximum atomic E-state index is 11.9. The molecule has 0 aliphatic carbocycles. The van der Waals surface area contributed by atoms with Crippen LogP contribution in [0.15, 0.2) is 42.5 Å². The highest BCUT2D eigenvalue weighted by molar-refractivity contribution is 6.30. The van der Waals surface area contributed by atoms with Crippen LogP contribution in [0.3, 0.4) is 0 Å². The summed E-state index contributed by atoms with van der Waals surface area (Å²) in [4.78, 5) is 11.9. The lowest BCUT2D eigenvalue weighted by atomic mass is 10.1. The Balaban J connectivity index is 1.94. The number of hydrogen-bond acceptors (Lipinski definition) is 3. The third-order valence-corrected chi connectivity index (χ3v) is 3.41. The van der Waals surface area contributed by atoms with Gasteiger partial charge in [0.1, 0.15) is 5.75 Å². The highest BCUT2D eigenvalue weighted by Gasteiger charge is 2.07. The van der Waals surface area contributed by atoms with Gasteiger partial charge in [-0.25, -0.2) is 0 Å². The van der Waals surface area contributed by atoms with Gasteiger partial charge in [-0.15, -0.1) is 0 Å². The number of halogens is 1. The lowest BCUT2D eigenvalue weighted by molar-refractivity contribution is -0.118. The first-order valence-corrected chi connectivity index (χ1v) is 7.30. The number of amides is 1. The van der Waals surface area contributed by atoms with Crippen molar-refractivity contribution in [3.8, 4) is 5.75 Å². The molecular formula is C17H18ClNO3. The fourth-order valence-electron chi connectivity index (χ4n) is 1.97. The van der Waals surface area contributed by atoms with Crippen LogP contribution in [0.4, 0.5) is 5.69 Å². The molecule has 1 unspecified atom stereocenters. The maximum absolute atomic E-state index is 11.9. The molecule has 0 spiro atoms. The molecule has 0 aliphatic rings. The molecule has 1 atom stereocenters. The summed E-state index contributed by atoms with van der Waals surface area (Å²) in [5.41, 5.74) is 2.33. The van der Waals surface area contributed by atoms with Crippen molar-refractivity contribution < 1.29 is 14.6 Å². The molecule has 2 aromatic rings. The third kappa shape index (κ3) is 4.48. The number of aryl methyl sites for hydroxylation is 1. The lowest BCUT2D eigenvalue weighted by Crippen LogP contribution is -2.20. The van der Waals surface area contributed by atoms with E-state index in [1.54, 1.807) is 49.4 Å². The van der Waals surface area contributed by atoms with Gasteiger partial charge < -0.3 is 15.2 Å². The molecule has 2 N–H and O–H groups in total. The van der Waals surface area contributed by atoms with E-state index in [1.165, 1.54) is 0 Å². The van der Waals surface area contributed by atoms with E-state index in [0.717, 1.165) is 11.1 Å². The van der Waals surface area contributed by atoms with Crippen LogP contribution in [-0.4, -0.2) is 17.6 Å². The Morgan fingerprint density at radius 2 is 2.09 bits per heavy atom. The third-order valence-electron chi connectivity index (χ3n) is 3.17. The average Bonchev–Trinajstić information content (AvgIpc) is 2.48. The predicted octanol–water partition coefficient (Wildman–Crippen LogP) is 3.72. The van der Waals surface area contributed by atoms with E-state index >= 15 is 0 Å². The normalized spacial score (nSPS) is 11.8. The van der Waals surface area contributed by atoms with Gasteiger partial charge in [0.25, 0.3) is 5.91 Å². The van der Waals surface area contributed by atoms with Gasteiger partial charge >= 0.3 is 0 Å². The van der Waals surface area contributed by atoms with Gasteiger partial charge in [0.05, 0.1) is 6.10 Å². The van der Waals surface area contributed by atoms with Crippen molar-refractivity contribution in [1.82, 2.24) is 0 Å². The second-order valence-corrected chi connectivity index (χ2v) is 5.48. The Hall–Kier alpha value is -2.04. The molecule has 2 aromatic carbocycles. The number of aliphatic hydroxyl groups is 1. The molecule has 0 aliphatic heterocycles. The maximum Gasteiger partial charge on any atom is 0.262 e. The quantitative estimate of drug-likeness (QED) is 0.883. The summed E-state index contributed by atoms with van der Waals surface area (Å²) in [6, 6.07) is 12.3. The smallest absolute Gasteiger partial charge is 0.262 e. The molecule has 22 heavy (non-hydrogen) atoms. The first kappa shape index (κ1) is 16.3. The van der Waals surface area contributed by atoms with Gasteiger partial charge in [0.15, 0.2) is 6.61 Å². The number of aliphatic hydroxyl groups excluding tert-OH is 1. The van der Waals surface area contributed by atoms with Crippen LogP contribution < -0.4 is 10.1 Å². The number of hydrogen-bond donors (Lipinski definition) is 2. The van der Waals surface area contributed by atoms with Gasteiger partial charge in [0.2, 0.25) is 0 Å². The van der Waals surface area contributed by atoms with Gasteiger partial charge in [-0.05, 0) is 55.3 Å². The van der Waals surface area contributed by atoms with Crippen LogP contribution in [0.5, 0.6) is 5.75 Å². The molecule has 0 saturated carbocycles. The number of rotatable bonds is 5. The zero-order valence-electron chi connectivity index (χ0n) is 12.5. The molecule has 0 fully saturated rings. The van der Waals surface area contributed by atoms with E-state index in [-0.39, 0.29) is 12.5 Å². The van der Waals surface area contributed by atoms with Crippen molar-refractivity contribution in [2.45, 2.75) is 20.0 Å². The van der Waals surface area contributed by atoms with Crippen molar-refractivity contribution in [2.75, 3.05) is 11.9 Å². The second kappa shape index (κ2) is 7.29. The van der Waals surface area contributed by atoms with Crippen molar-refractivity contribution in [3.63, 3.8) is 0 Å². The summed E-state index contributed by atoms with van der Waals surface area (Å²) in [6.07, 6.45) is -0.575. The Morgan fingerprint density at radius 1 is 1.32 bits per heavy atom. The molecule has 0 saturated heterocycles. The standard InChI is InChI=1S/C17H18ClNO3/c1-11-8-14(18)6-7-16(11)19-17(21)10-22-15-5-3-4-13(9-15)12(2)20/h3-9,12,20H,10H2,1-2H3,(H,19,21). The van der Waals surface area contributed by atoms with Crippen LogP contribution in [0.1, 0.15) is 24.2 Å². The SMILES string of the molecule is Cc1cc(Cl)ccc1NC(=O)COc1cccc(C(C)O)c1. The molecule has 0 radical (unpaired) electrons. The molecule has 4 nitrogen and oxygen atoms in total. The highest BCUT2D eigenvalue weighted by atomic mass is 35.5. The van der Waals surface area contributed by atoms with Crippen LogP contribution in [-0.2, 0) is 4.79 Å². The molecule has 0 bridgehead atoms. The monoisotopic (exact) mass is 319 g/mol. The fourth-order valence-corrected chi connectivity index (χ4v) is 2.19. The topological polar surface area (TPSA) is 58.6 Å². The first-order valence-electron chi connectivity index (χ1n) is 6.92. The van der Waals surface area contributed by atoms with E-state index in [0.29, 0.717) is 16.5 Å². The summed E-state index contributed by atoms with van der Waals surface area (Å²) in [6.45, 7) is 3.44. The predicted molar refractivity (Wildman–Crippen MR) is 87.4 cm³/mol. The number of anilines is 1. The van der Waals surface area contributed by atoms with Crippen LogP contribution in [0.25, 0.3) is 0 Å². The summed E-state index contributed by atoms with van der Waals surface area (Å²) in [5, 5.41) is 12.9. The van der Waals surface area contributed by atoms with Crippen molar-refractivity contribution >= 4 is 23.2 Å². The number of ether oxygens (including phenoxy) is 1. The van der Waals surface area contributed by atoms with Crippen LogP contribution in [0, 0.1) is 6.92 Å². The molecular weight excluding hydrogens is 302 g/mol. The number of carbonyl (C=O) groups is 1. The Labute approximate surface area is 134 Å². The fraction of sp³-hybridized carbons (Fsp3) is 0.235. The van der Waals surface area contributed by atoms with Gasteiger partial charge in [-0.3, -0.25) is 4.79 Å². The van der Waals surface area contributed by atoms with E-state index < -0.39 is 6.10 Å².